The van der Waals surface area contributed by atoms with E-state index in [1.165, 1.54) is 0 Å². The number of ether oxygens (including phenoxy) is 1. The van der Waals surface area contributed by atoms with E-state index in [-0.39, 0.29) is 24.0 Å². The van der Waals surface area contributed by atoms with Gasteiger partial charge in [-0.25, -0.2) is 8.42 Å². The fourth-order valence-electron chi connectivity index (χ4n) is 2.73. The molecule has 1 heterocycles. The predicted octanol–water partition coefficient (Wildman–Crippen LogP) is 1.83. The Morgan fingerprint density at radius 3 is 2.38 bits per heavy atom. The Morgan fingerprint density at radius 2 is 1.65 bits per heavy atom. The molecule has 1 saturated heterocycles. The molecule has 0 radical (unpaired) electrons. The van der Waals surface area contributed by atoms with Gasteiger partial charge in [0.05, 0.1) is 18.1 Å². The average Bonchev–Trinajstić information content (AvgIpc) is 2.64. The molecule has 26 heavy (non-hydrogen) atoms. The third kappa shape index (κ3) is 5.31. The number of amides is 1. The molecule has 2 aromatic carbocycles. The lowest BCUT2D eigenvalue weighted by Crippen LogP contribution is -2.45. The number of nitrogens with zero attached hydrogens (tertiary/aromatic N) is 1. The van der Waals surface area contributed by atoms with Gasteiger partial charge < -0.3 is 10.1 Å². The molecule has 6 nitrogen and oxygen atoms in total. The maximum absolute atomic E-state index is 12.2. The summed E-state index contributed by atoms with van der Waals surface area (Å²) in [5, 5.41) is 2.88. The van der Waals surface area contributed by atoms with Crippen molar-refractivity contribution < 1.29 is 17.9 Å². The number of para-hydroxylation sites is 2. The summed E-state index contributed by atoms with van der Waals surface area (Å²) < 4.78 is 28.8. The van der Waals surface area contributed by atoms with Crippen molar-refractivity contribution in [2.75, 3.05) is 31.1 Å². The van der Waals surface area contributed by atoms with Gasteiger partial charge in [0.15, 0.2) is 9.84 Å². The summed E-state index contributed by atoms with van der Waals surface area (Å²) in [4.78, 5) is 14.0. The van der Waals surface area contributed by atoms with Gasteiger partial charge in [-0.05, 0) is 18.2 Å². The normalized spacial score (nSPS) is 16.8. The smallest absolute Gasteiger partial charge is 0.234 e. The van der Waals surface area contributed by atoms with Crippen molar-refractivity contribution in [3.8, 4) is 11.5 Å². The van der Waals surface area contributed by atoms with Crippen molar-refractivity contribution in [2.45, 2.75) is 6.54 Å². The van der Waals surface area contributed by atoms with Crippen LogP contribution >= 0.6 is 0 Å². The SMILES string of the molecule is O=C(CN1CCS(=O)(=O)CC1)NCc1ccccc1Oc1ccccc1. The quantitative estimate of drug-likeness (QED) is 0.835. The highest BCUT2D eigenvalue weighted by Gasteiger charge is 2.22. The van der Waals surface area contributed by atoms with Crippen LogP contribution in [-0.4, -0.2) is 50.4 Å². The molecule has 7 heteroatoms. The Balaban J connectivity index is 1.54. The Morgan fingerprint density at radius 1 is 1.00 bits per heavy atom. The minimum absolute atomic E-state index is 0.119. The number of carbonyl (C=O) groups excluding carboxylic acids is 1. The molecule has 0 atom stereocenters. The van der Waals surface area contributed by atoms with E-state index in [0.29, 0.717) is 25.4 Å². The first-order chi connectivity index (χ1) is 12.5. The van der Waals surface area contributed by atoms with Crippen LogP contribution in [0.3, 0.4) is 0 Å². The van der Waals surface area contributed by atoms with Crippen LogP contribution in [0, 0.1) is 0 Å². The van der Waals surface area contributed by atoms with Crippen molar-refractivity contribution >= 4 is 15.7 Å². The molecule has 0 aliphatic carbocycles. The van der Waals surface area contributed by atoms with Crippen LogP contribution < -0.4 is 10.1 Å². The zero-order valence-corrected chi connectivity index (χ0v) is 15.2. The van der Waals surface area contributed by atoms with Gasteiger partial charge in [0.2, 0.25) is 5.91 Å². The summed E-state index contributed by atoms with van der Waals surface area (Å²) in [7, 11) is -2.93. The van der Waals surface area contributed by atoms with Gasteiger partial charge in [0.1, 0.15) is 11.5 Å². The number of hydrogen-bond acceptors (Lipinski definition) is 5. The minimum atomic E-state index is -2.93. The molecular formula is C19H22N2O4S. The third-order valence-electron chi connectivity index (χ3n) is 4.22. The number of hydrogen-bond donors (Lipinski definition) is 1. The van der Waals surface area contributed by atoms with Gasteiger partial charge in [-0.3, -0.25) is 9.69 Å². The minimum Gasteiger partial charge on any atom is -0.457 e. The van der Waals surface area contributed by atoms with Gasteiger partial charge in [-0.2, -0.15) is 0 Å². The van der Waals surface area contributed by atoms with Crippen LogP contribution in [0.5, 0.6) is 11.5 Å². The Hall–Kier alpha value is -2.38. The van der Waals surface area contributed by atoms with Crippen molar-refractivity contribution in [3.05, 3.63) is 60.2 Å². The number of sulfone groups is 1. The lowest BCUT2D eigenvalue weighted by atomic mass is 10.2. The topological polar surface area (TPSA) is 75.7 Å². The maximum Gasteiger partial charge on any atom is 0.234 e. The summed E-state index contributed by atoms with van der Waals surface area (Å²) in [5.74, 6) is 1.55. The van der Waals surface area contributed by atoms with Crippen LogP contribution in [-0.2, 0) is 21.2 Å². The summed E-state index contributed by atoms with van der Waals surface area (Å²) in [6, 6.07) is 17.0. The number of rotatable bonds is 6. The molecular weight excluding hydrogens is 352 g/mol. The molecule has 1 aliphatic heterocycles. The van der Waals surface area contributed by atoms with Crippen LogP contribution in [0.4, 0.5) is 0 Å². The lowest BCUT2D eigenvalue weighted by Gasteiger charge is -2.25. The zero-order chi connectivity index (χ0) is 18.4. The molecule has 1 amide bonds. The van der Waals surface area contributed by atoms with Crippen molar-refractivity contribution in [1.29, 1.82) is 0 Å². The molecule has 0 unspecified atom stereocenters. The Bertz CT molecular complexity index is 839. The van der Waals surface area contributed by atoms with Crippen LogP contribution in [0.25, 0.3) is 0 Å². The highest BCUT2D eigenvalue weighted by molar-refractivity contribution is 7.91. The highest BCUT2D eigenvalue weighted by Crippen LogP contribution is 2.24. The van der Waals surface area contributed by atoms with E-state index in [4.69, 9.17) is 4.74 Å². The van der Waals surface area contributed by atoms with E-state index in [0.717, 1.165) is 11.3 Å². The standard InChI is InChI=1S/C19H22N2O4S/c22-19(15-21-10-12-26(23,24)13-11-21)20-14-16-6-4-5-9-18(16)25-17-7-2-1-3-8-17/h1-9H,10-15H2,(H,20,22). The third-order valence-corrected chi connectivity index (χ3v) is 5.83. The number of nitrogens with one attached hydrogen (secondary N) is 1. The van der Waals surface area contributed by atoms with Gasteiger partial charge in [0, 0.05) is 25.2 Å². The van der Waals surface area contributed by atoms with Gasteiger partial charge in [-0.1, -0.05) is 36.4 Å². The van der Waals surface area contributed by atoms with Gasteiger partial charge >= 0.3 is 0 Å². The van der Waals surface area contributed by atoms with E-state index in [9.17, 15) is 13.2 Å². The first kappa shape index (κ1) is 18.4. The van der Waals surface area contributed by atoms with Crippen LogP contribution in [0.1, 0.15) is 5.56 Å². The number of benzene rings is 2. The maximum atomic E-state index is 12.2. The van der Waals surface area contributed by atoms with Crippen molar-refractivity contribution in [1.82, 2.24) is 10.2 Å². The zero-order valence-electron chi connectivity index (χ0n) is 14.4. The first-order valence-corrected chi connectivity index (χ1v) is 10.3. The summed E-state index contributed by atoms with van der Waals surface area (Å²) >= 11 is 0. The molecule has 1 fully saturated rings. The predicted molar refractivity (Wildman–Crippen MR) is 99.9 cm³/mol. The van der Waals surface area contributed by atoms with E-state index < -0.39 is 9.84 Å². The second-order valence-electron chi connectivity index (χ2n) is 6.23. The van der Waals surface area contributed by atoms with E-state index in [2.05, 4.69) is 5.32 Å². The lowest BCUT2D eigenvalue weighted by molar-refractivity contribution is -0.122. The molecule has 0 spiro atoms. The largest absolute Gasteiger partial charge is 0.457 e. The van der Waals surface area contributed by atoms with Crippen LogP contribution in [0.2, 0.25) is 0 Å². The molecule has 1 N–H and O–H groups in total. The van der Waals surface area contributed by atoms with Crippen molar-refractivity contribution in [2.24, 2.45) is 0 Å². The average molecular weight is 374 g/mol. The highest BCUT2D eigenvalue weighted by atomic mass is 32.2. The number of carbonyl (C=O) groups is 1. The van der Waals surface area contributed by atoms with E-state index >= 15 is 0 Å². The fourth-order valence-corrected chi connectivity index (χ4v) is 4.00. The summed E-state index contributed by atoms with van der Waals surface area (Å²) in [6.07, 6.45) is 0. The monoisotopic (exact) mass is 374 g/mol. The molecule has 0 saturated carbocycles. The Kier molecular flexibility index (Phi) is 5.90. The summed E-state index contributed by atoms with van der Waals surface area (Å²) in [5.41, 5.74) is 0.880. The summed E-state index contributed by atoms with van der Waals surface area (Å²) in [6.45, 7) is 1.37. The fraction of sp³-hybridized carbons (Fsp3) is 0.316. The molecule has 138 valence electrons. The van der Waals surface area contributed by atoms with E-state index in [1.54, 1.807) is 0 Å². The van der Waals surface area contributed by atoms with Gasteiger partial charge in [0.25, 0.3) is 0 Å². The van der Waals surface area contributed by atoms with Crippen molar-refractivity contribution in [3.63, 3.8) is 0 Å². The van der Waals surface area contributed by atoms with Crippen LogP contribution in [0.15, 0.2) is 54.6 Å². The second-order valence-corrected chi connectivity index (χ2v) is 8.53. The Labute approximate surface area is 153 Å². The van der Waals surface area contributed by atoms with Gasteiger partial charge in [-0.15, -0.1) is 0 Å². The molecule has 0 aromatic heterocycles. The molecule has 0 bridgehead atoms. The molecule has 1 aliphatic rings. The van der Waals surface area contributed by atoms with E-state index in [1.807, 2.05) is 59.5 Å². The molecule has 2 aromatic rings. The second kappa shape index (κ2) is 8.33. The first-order valence-electron chi connectivity index (χ1n) is 8.52. The molecule has 3 rings (SSSR count).